The van der Waals surface area contributed by atoms with Crippen LogP contribution in [0.15, 0.2) is 35.2 Å². The Morgan fingerprint density at radius 2 is 1.86 bits per heavy atom. The molecule has 28 heavy (non-hydrogen) atoms. The normalized spacial score (nSPS) is 16.5. The van der Waals surface area contributed by atoms with E-state index in [2.05, 4.69) is 42.1 Å². The van der Waals surface area contributed by atoms with Crippen molar-refractivity contribution in [2.45, 2.75) is 63.9 Å². The predicted octanol–water partition coefficient (Wildman–Crippen LogP) is 4.35. The number of fused-ring (bicyclic) bond motifs is 1. The molecule has 148 valence electrons. The van der Waals surface area contributed by atoms with E-state index in [1.165, 1.54) is 28.3 Å². The van der Waals surface area contributed by atoms with Crippen LogP contribution in [0, 0.1) is 25.2 Å². The number of aryl methyl sites for hydroxylation is 3. The van der Waals surface area contributed by atoms with Crippen LogP contribution in [0.4, 0.5) is 5.69 Å². The number of hydrogen-bond donors (Lipinski definition) is 2. The summed E-state index contributed by atoms with van der Waals surface area (Å²) in [4.78, 5) is 0.100. The second kappa shape index (κ2) is 7.23. The van der Waals surface area contributed by atoms with Crippen molar-refractivity contribution in [1.82, 2.24) is 4.72 Å². The smallest absolute Gasteiger partial charge is 0.241 e. The van der Waals surface area contributed by atoms with Gasteiger partial charge in [-0.1, -0.05) is 17.7 Å². The monoisotopic (exact) mass is 397 g/mol. The van der Waals surface area contributed by atoms with Crippen LogP contribution >= 0.6 is 0 Å². The molecule has 6 heteroatoms. The molecule has 1 atom stereocenters. The maximum Gasteiger partial charge on any atom is 0.241 e. The van der Waals surface area contributed by atoms with Crippen LogP contribution in [0.25, 0.3) is 0 Å². The summed E-state index contributed by atoms with van der Waals surface area (Å²) in [5.74, 6) is 0. The minimum absolute atomic E-state index is 0.100. The van der Waals surface area contributed by atoms with Gasteiger partial charge in [0.25, 0.3) is 0 Å². The highest BCUT2D eigenvalue weighted by atomic mass is 32.2. The lowest BCUT2D eigenvalue weighted by atomic mass is 9.99. The van der Waals surface area contributed by atoms with Crippen molar-refractivity contribution in [3.63, 3.8) is 0 Å². The Balaban J connectivity index is 1.91. The lowest BCUT2D eigenvalue weighted by molar-refractivity contribution is 0.491. The average Bonchev–Trinajstić information content (AvgIpc) is 2.95. The van der Waals surface area contributed by atoms with Crippen molar-refractivity contribution >= 4 is 15.7 Å². The van der Waals surface area contributed by atoms with Gasteiger partial charge in [0.05, 0.1) is 22.2 Å². The summed E-state index contributed by atoms with van der Waals surface area (Å²) in [7, 11) is -3.68. The first-order chi connectivity index (χ1) is 13.0. The standard InChI is InChI=1S/C22H27N3O2S/c1-14-10-15(2)21-16(11-14)6-8-20(21)24-19-9-7-18(12-17(19)13-23)28(26,27)25-22(3,4)5/h7,9-12,20,24-25H,6,8H2,1-5H3. The molecular weight excluding hydrogens is 370 g/mol. The largest absolute Gasteiger partial charge is 0.377 e. The van der Waals surface area contributed by atoms with Crippen molar-refractivity contribution in [2.24, 2.45) is 0 Å². The quantitative estimate of drug-likeness (QED) is 0.803. The molecule has 0 aromatic heterocycles. The molecule has 5 nitrogen and oxygen atoms in total. The number of nitrogens with one attached hydrogen (secondary N) is 2. The van der Waals surface area contributed by atoms with Gasteiger partial charge in [0.1, 0.15) is 6.07 Å². The molecule has 0 saturated carbocycles. The molecule has 0 bridgehead atoms. The van der Waals surface area contributed by atoms with Gasteiger partial charge >= 0.3 is 0 Å². The van der Waals surface area contributed by atoms with E-state index in [9.17, 15) is 13.7 Å². The van der Waals surface area contributed by atoms with Gasteiger partial charge in [-0.3, -0.25) is 0 Å². The molecule has 0 heterocycles. The summed E-state index contributed by atoms with van der Waals surface area (Å²) in [5.41, 5.74) is 5.55. The molecule has 0 saturated heterocycles. The van der Waals surface area contributed by atoms with Crippen molar-refractivity contribution in [1.29, 1.82) is 5.26 Å². The van der Waals surface area contributed by atoms with E-state index in [0.717, 1.165) is 12.8 Å². The first kappa shape index (κ1) is 20.4. The summed E-state index contributed by atoms with van der Waals surface area (Å²) < 4.78 is 27.8. The second-order valence-electron chi connectivity index (χ2n) is 8.56. The Bertz CT molecular complexity index is 1060. The van der Waals surface area contributed by atoms with E-state index >= 15 is 0 Å². The van der Waals surface area contributed by atoms with Gasteiger partial charge in [0.2, 0.25) is 10.0 Å². The van der Waals surface area contributed by atoms with Crippen LogP contribution in [-0.4, -0.2) is 14.0 Å². The van der Waals surface area contributed by atoms with Crippen molar-refractivity contribution < 1.29 is 8.42 Å². The molecule has 0 amide bonds. The molecule has 2 aromatic rings. The third-order valence-corrected chi connectivity index (χ3v) is 6.62. The highest BCUT2D eigenvalue weighted by Gasteiger charge is 2.26. The fourth-order valence-electron chi connectivity index (χ4n) is 3.92. The summed E-state index contributed by atoms with van der Waals surface area (Å²) in [5, 5.41) is 13.1. The van der Waals surface area contributed by atoms with Gasteiger partial charge in [0, 0.05) is 5.54 Å². The summed E-state index contributed by atoms with van der Waals surface area (Å²) in [6.45, 7) is 9.57. The lowest BCUT2D eigenvalue weighted by Crippen LogP contribution is -2.40. The highest BCUT2D eigenvalue weighted by Crippen LogP contribution is 2.37. The SMILES string of the molecule is Cc1cc(C)c2c(c1)CCC2Nc1ccc(S(=O)(=O)NC(C)(C)C)cc1C#N. The van der Waals surface area contributed by atoms with Gasteiger partial charge in [-0.05, 0) is 82.3 Å². The molecule has 2 aromatic carbocycles. The number of benzene rings is 2. The number of sulfonamides is 1. The van der Waals surface area contributed by atoms with E-state index in [4.69, 9.17) is 0 Å². The topological polar surface area (TPSA) is 82.0 Å². The zero-order valence-electron chi connectivity index (χ0n) is 17.1. The summed E-state index contributed by atoms with van der Waals surface area (Å²) in [6, 6.07) is 11.3. The molecule has 3 rings (SSSR count). The number of hydrogen-bond acceptors (Lipinski definition) is 4. The number of anilines is 1. The van der Waals surface area contributed by atoms with Crippen LogP contribution in [0.1, 0.15) is 61.1 Å². The molecule has 0 spiro atoms. The fraction of sp³-hybridized carbons (Fsp3) is 0.409. The maximum absolute atomic E-state index is 12.6. The Hall–Kier alpha value is -2.36. The number of rotatable bonds is 4. The van der Waals surface area contributed by atoms with Crippen molar-refractivity contribution in [3.8, 4) is 6.07 Å². The summed E-state index contributed by atoms with van der Waals surface area (Å²) in [6.07, 6.45) is 1.95. The van der Waals surface area contributed by atoms with E-state index < -0.39 is 15.6 Å². The van der Waals surface area contributed by atoms with E-state index in [-0.39, 0.29) is 10.9 Å². The summed E-state index contributed by atoms with van der Waals surface area (Å²) >= 11 is 0. The first-order valence-electron chi connectivity index (χ1n) is 9.45. The molecule has 0 radical (unpaired) electrons. The fourth-order valence-corrected chi connectivity index (χ4v) is 5.36. The van der Waals surface area contributed by atoms with E-state index in [1.807, 2.05) is 0 Å². The predicted molar refractivity (Wildman–Crippen MR) is 112 cm³/mol. The zero-order chi connectivity index (χ0) is 20.7. The van der Waals surface area contributed by atoms with Crippen molar-refractivity contribution in [3.05, 3.63) is 58.1 Å². The Morgan fingerprint density at radius 3 is 2.50 bits per heavy atom. The van der Waals surface area contributed by atoms with Crippen LogP contribution in [0.5, 0.6) is 0 Å². The third-order valence-electron chi connectivity index (χ3n) is 4.86. The maximum atomic E-state index is 12.6. The first-order valence-corrected chi connectivity index (χ1v) is 10.9. The molecule has 1 unspecified atom stereocenters. The lowest BCUT2D eigenvalue weighted by Gasteiger charge is -2.21. The van der Waals surface area contributed by atoms with Crippen LogP contribution < -0.4 is 10.0 Å². The van der Waals surface area contributed by atoms with Gasteiger partial charge in [-0.2, -0.15) is 5.26 Å². The zero-order valence-corrected chi connectivity index (χ0v) is 17.9. The van der Waals surface area contributed by atoms with Crippen LogP contribution in [0.3, 0.4) is 0 Å². The van der Waals surface area contributed by atoms with Crippen LogP contribution in [-0.2, 0) is 16.4 Å². The van der Waals surface area contributed by atoms with E-state index in [0.29, 0.717) is 11.3 Å². The van der Waals surface area contributed by atoms with Crippen LogP contribution in [0.2, 0.25) is 0 Å². The van der Waals surface area contributed by atoms with Gasteiger partial charge in [-0.25, -0.2) is 13.1 Å². The van der Waals surface area contributed by atoms with Gasteiger partial charge < -0.3 is 5.32 Å². The molecule has 0 fully saturated rings. The molecular formula is C22H27N3O2S. The molecule has 2 N–H and O–H groups in total. The Labute approximate surface area is 167 Å². The molecule has 1 aliphatic carbocycles. The van der Waals surface area contributed by atoms with E-state index in [1.54, 1.807) is 32.9 Å². The highest BCUT2D eigenvalue weighted by molar-refractivity contribution is 7.89. The van der Waals surface area contributed by atoms with Gasteiger partial charge in [-0.15, -0.1) is 0 Å². The molecule has 0 aliphatic heterocycles. The minimum atomic E-state index is -3.68. The average molecular weight is 398 g/mol. The minimum Gasteiger partial charge on any atom is -0.377 e. The van der Waals surface area contributed by atoms with Gasteiger partial charge in [0.15, 0.2) is 0 Å². The second-order valence-corrected chi connectivity index (χ2v) is 10.2. The Morgan fingerprint density at radius 1 is 1.14 bits per heavy atom. The molecule has 1 aliphatic rings. The third kappa shape index (κ3) is 4.21. The number of nitrogens with zero attached hydrogens (tertiary/aromatic N) is 1. The number of nitriles is 1. The van der Waals surface area contributed by atoms with Crippen molar-refractivity contribution in [2.75, 3.05) is 5.32 Å². The Kier molecular flexibility index (Phi) is 5.26.